The topological polar surface area (TPSA) is 201 Å². The number of hydrogen-bond donors (Lipinski definition) is 2. The number of amides is 1. The maximum atomic E-state index is 14.3. The van der Waals surface area contributed by atoms with Crippen LogP contribution < -0.4 is 5.32 Å². The highest BCUT2D eigenvalue weighted by Crippen LogP contribution is 2.36. The monoisotopic (exact) mass is 979 g/mol. The van der Waals surface area contributed by atoms with Gasteiger partial charge in [0.25, 0.3) is 0 Å². The summed E-state index contributed by atoms with van der Waals surface area (Å²) in [5.74, 6) is -4.00. The molecule has 72 heavy (non-hydrogen) atoms. The molecular weight excluding hydrogens is 927 g/mol. The van der Waals surface area contributed by atoms with E-state index in [1.807, 2.05) is 60.7 Å². The van der Waals surface area contributed by atoms with Gasteiger partial charge in [0.2, 0.25) is 5.91 Å². The number of aliphatic hydroxyl groups excluding tert-OH is 1. The van der Waals surface area contributed by atoms with Crippen LogP contribution in [0.25, 0.3) is 0 Å². The van der Waals surface area contributed by atoms with E-state index in [-0.39, 0.29) is 42.1 Å². The van der Waals surface area contributed by atoms with Crippen LogP contribution in [-0.2, 0) is 60.6 Å². The molecule has 2 fully saturated rings. The van der Waals surface area contributed by atoms with Gasteiger partial charge in [-0.05, 0) is 59.7 Å². The molecule has 2 saturated heterocycles. The van der Waals surface area contributed by atoms with Crippen LogP contribution in [0.5, 0.6) is 0 Å². The standard InChI is InChI=1S/C56H53NO15/c1-36(58)57-45-48(65-33-38-22-10-3-11-23-38)46(43(67-55(45)63)34-64-32-37-20-8-2-9-21-37)72-56-50(71-54(62)42-30-18-7-19-31-42)49(70-53(61)41-28-16-6-17-29-41)47(69-52(60)40-26-14-5-15-27-40)44(68-56)35-66-51(59)39-24-12-4-13-25-39/h2-31,43-50,55-56,63H,32-35H2,1H3,(H,57,58)/t43-,44-,45-,46-,47+,48-,49+,50-,55+,56+/m1/s1. The minimum atomic E-state index is -1.81. The fourth-order valence-electron chi connectivity index (χ4n) is 8.23. The molecule has 8 rings (SSSR count). The second-order valence-electron chi connectivity index (χ2n) is 16.9. The summed E-state index contributed by atoms with van der Waals surface area (Å²) in [6.45, 7) is 0.491. The Balaban J connectivity index is 1.24. The van der Waals surface area contributed by atoms with E-state index in [2.05, 4.69) is 5.32 Å². The largest absolute Gasteiger partial charge is 0.459 e. The molecule has 0 saturated carbocycles. The smallest absolute Gasteiger partial charge is 0.338 e. The van der Waals surface area contributed by atoms with Crippen molar-refractivity contribution in [3.05, 3.63) is 215 Å². The van der Waals surface area contributed by atoms with Crippen molar-refractivity contribution in [2.75, 3.05) is 13.2 Å². The van der Waals surface area contributed by atoms with E-state index >= 15 is 0 Å². The molecule has 1 amide bonds. The second-order valence-corrected chi connectivity index (χ2v) is 16.9. The molecule has 0 aliphatic carbocycles. The van der Waals surface area contributed by atoms with Gasteiger partial charge in [0.05, 0.1) is 42.1 Å². The highest BCUT2D eigenvalue weighted by molar-refractivity contribution is 5.91. The Bertz CT molecular complexity index is 2680. The fourth-order valence-corrected chi connectivity index (χ4v) is 8.23. The zero-order chi connectivity index (χ0) is 50.2. The highest BCUT2D eigenvalue weighted by Gasteiger charge is 2.57. The molecule has 372 valence electrons. The van der Waals surface area contributed by atoms with Gasteiger partial charge in [-0.1, -0.05) is 133 Å². The Labute approximate surface area is 415 Å². The number of aliphatic hydroxyl groups is 1. The molecule has 0 spiro atoms. The molecule has 2 heterocycles. The van der Waals surface area contributed by atoms with E-state index in [9.17, 15) is 29.1 Å². The number of carbonyl (C=O) groups excluding carboxylic acids is 5. The fraction of sp³-hybridized carbons (Fsp3) is 0.268. The van der Waals surface area contributed by atoms with Gasteiger partial charge in [-0.15, -0.1) is 0 Å². The molecule has 2 N–H and O–H groups in total. The molecular formula is C56H53NO15. The first-order valence-corrected chi connectivity index (χ1v) is 23.3. The number of benzene rings is 6. The summed E-state index contributed by atoms with van der Waals surface area (Å²) in [5.41, 5.74) is 2.05. The van der Waals surface area contributed by atoms with Crippen LogP contribution in [0.2, 0.25) is 0 Å². The molecule has 0 unspecified atom stereocenters. The number of hydrogen-bond acceptors (Lipinski definition) is 15. The van der Waals surface area contributed by atoms with E-state index in [0.29, 0.717) is 0 Å². The number of esters is 4. The molecule has 0 radical (unpaired) electrons. The molecule has 6 aromatic rings. The van der Waals surface area contributed by atoms with Crippen molar-refractivity contribution in [2.24, 2.45) is 0 Å². The lowest BCUT2D eigenvalue weighted by atomic mass is 9.94. The predicted octanol–water partition coefficient (Wildman–Crippen LogP) is 6.65. The Morgan fingerprint density at radius 1 is 0.472 bits per heavy atom. The Hall–Kier alpha value is -7.57. The molecule has 16 nitrogen and oxygen atoms in total. The van der Waals surface area contributed by atoms with Gasteiger partial charge in [-0.3, -0.25) is 4.79 Å². The van der Waals surface area contributed by atoms with Crippen LogP contribution in [0.15, 0.2) is 182 Å². The van der Waals surface area contributed by atoms with Gasteiger partial charge in [-0.25, -0.2) is 19.2 Å². The summed E-state index contributed by atoms with van der Waals surface area (Å²) < 4.78 is 57.3. The van der Waals surface area contributed by atoms with Crippen molar-refractivity contribution in [3.8, 4) is 0 Å². The van der Waals surface area contributed by atoms with E-state index in [1.54, 1.807) is 84.9 Å². The van der Waals surface area contributed by atoms with Gasteiger partial charge in [0, 0.05) is 6.92 Å². The Morgan fingerprint density at radius 2 is 0.889 bits per heavy atom. The van der Waals surface area contributed by atoms with Crippen LogP contribution in [0.4, 0.5) is 0 Å². The van der Waals surface area contributed by atoms with Crippen LogP contribution in [-0.4, -0.2) is 109 Å². The third kappa shape index (κ3) is 13.4. The molecule has 10 atom stereocenters. The Morgan fingerprint density at radius 3 is 1.38 bits per heavy atom. The van der Waals surface area contributed by atoms with Crippen LogP contribution in [0.3, 0.4) is 0 Å². The van der Waals surface area contributed by atoms with Crippen molar-refractivity contribution >= 4 is 29.8 Å². The number of nitrogens with one attached hydrogen (secondary N) is 1. The SMILES string of the molecule is CC(=O)N[C@@H]1[C@@H](OCc2ccccc2)[C@H](O[C@@H]2O[C@H](COC(=O)c3ccccc3)[C@H](OC(=O)c3ccccc3)[C@H](OC(=O)c3ccccc3)[C@H]2OC(=O)c2ccccc2)[C@@H](COCc2ccccc2)O[C@@H]1O. The summed E-state index contributed by atoms with van der Waals surface area (Å²) in [7, 11) is 0. The minimum absolute atomic E-state index is 0.0450. The van der Waals surface area contributed by atoms with Crippen molar-refractivity contribution in [1.29, 1.82) is 0 Å². The van der Waals surface area contributed by atoms with E-state index in [0.717, 1.165) is 11.1 Å². The molecule has 0 bridgehead atoms. The first-order valence-electron chi connectivity index (χ1n) is 23.3. The lowest BCUT2D eigenvalue weighted by Gasteiger charge is -2.49. The van der Waals surface area contributed by atoms with Gasteiger partial charge < -0.3 is 53.1 Å². The summed E-state index contributed by atoms with van der Waals surface area (Å²) >= 11 is 0. The van der Waals surface area contributed by atoms with Gasteiger partial charge in [0.15, 0.2) is 30.9 Å². The van der Waals surface area contributed by atoms with Crippen LogP contribution in [0.1, 0.15) is 59.5 Å². The maximum absolute atomic E-state index is 14.3. The molecule has 16 heteroatoms. The zero-order valence-electron chi connectivity index (χ0n) is 39.1. The van der Waals surface area contributed by atoms with E-state index in [1.165, 1.54) is 43.3 Å². The molecule has 0 aromatic heterocycles. The molecule has 2 aliphatic rings. The first kappa shape index (κ1) is 50.8. The lowest BCUT2D eigenvalue weighted by Crippen LogP contribution is -2.68. The number of ether oxygens (including phenoxy) is 9. The summed E-state index contributed by atoms with van der Waals surface area (Å²) in [5, 5.41) is 14.4. The van der Waals surface area contributed by atoms with Crippen molar-refractivity contribution in [2.45, 2.75) is 81.5 Å². The first-order chi connectivity index (χ1) is 35.1. The van der Waals surface area contributed by atoms with Crippen molar-refractivity contribution in [3.63, 3.8) is 0 Å². The van der Waals surface area contributed by atoms with E-state index < -0.39 is 97.7 Å². The lowest BCUT2D eigenvalue weighted by molar-refractivity contribution is -0.347. The quantitative estimate of drug-likeness (QED) is 0.0645. The van der Waals surface area contributed by atoms with Gasteiger partial charge >= 0.3 is 23.9 Å². The normalized spacial score (nSPS) is 23.7. The van der Waals surface area contributed by atoms with Crippen molar-refractivity contribution in [1.82, 2.24) is 5.32 Å². The summed E-state index contributed by atoms with van der Waals surface area (Å²) in [4.78, 5) is 69.2. The zero-order valence-corrected chi connectivity index (χ0v) is 39.1. The third-order valence-electron chi connectivity index (χ3n) is 11.7. The van der Waals surface area contributed by atoms with Gasteiger partial charge in [-0.2, -0.15) is 0 Å². The predicted molar refractivity (Wildman–Crippen MR) is 257 cm³/mol. The van der Waals surface area contributed by atoms with E-state index in [4.69, 9.17) is 42.6 Å². The number of carbonyl (C=O) groups is 5. The van der Waals surface area contributed by atoms with Crippen LogP contribution >= 0.6 is 0 Å². The second kappa shape index (κ2) is 25.0. The highest BCUT2D eigenvalue weighted by atomic mass is 16.8. The third-order valence-corrected chi connectivity index (χ3v) is 11.7. The van der Waals surface area contributed by atoms with Crippen molar-refractivity contribution < 1.29 is 71.7 Å². The molecule has 6 aromatic carbocycles. The minimum Gasteiger partial charge on any atom is -0.459 e. The maximum Gasteiger partial charge on any atom is 0.338 e. The Kier molecular flexibility index (Phi) is 17.6. The summed E-state index contributed by atoms with van der Waals surface area (Å²) in [6, 6.07) is 49.2. The average Bonchev–Trinajstić information content (AvgIpc) is 3.41. The molecule has 2 aliphatic heterocycles. The van der Waals surface area contributed by atoms with Crippen LogP contribution in [0, 0.1) is 0 Å². The van der Waals surface area contributed by atoms with Gasteiger partial charge in [0.1, 0.15) is 37.1 Å². The average molecular weight is 980 g/mol. The number of rotatable bonds is 19. The summed E-state index contributed by atoms with van der Waals surface area (Å²) in [6.07, 6.45) is -14.0.